The van der Waals surface area contributed by atoms with Gasteiger partial charge >= 0.3 is 0 Å². The van der Waals surface area contributed by atoms with Crippen LogP contribution in [0.3, 0.4) is 0 Å². The molecule has 0 amide bonds. The minimum absolute atomic E-state index is 0.00941. The van der Waals surface area contributed by atoms with E-state index in [0.717, 1.165) is 33.1 Å². The van der Waals surface area contributed by atoms with Crippen LogP contribution in [-0.2, 0) is 20.0 Å². The zero-order valence-electron chi connectivity index (χ0n) is 35.8. The predicted molar refractivity (Wildman–Crippen MR) is 260 cm³/mol. The van der Waals surface area contributed by atoms with Crippen LogP contribution >= 0.6 is 11.6 Å². The number of halogens is 1. The Hall–Kier alpha value is -7.77. The zero-order chi connectivity index (χ0) is 47.2. The summed E-state index contributed by atoms with van der Waals surface area (Å²) >= 11 is 6.51. The molecule has 8 aromatic rings. The predicted octanol–water partition coefficient (Wildman–Crippen LogP) is 8.67. The Morgan fingerprint density at radius 3 is 1.48 bits per heavy atom. The lowest BCUT2D eigenvalue weighted by molar-refractivity contribution is 0.197. The lowest BCUT2D eigenvalue weighted by Crippen LogP contribution is -2.14. The van der Waals surface area contributed by atoms with Crippen molar-refractivity contribution in [3.05, 3.63) is 185 Å². The molecule has 4 heterocycles. The highest BCUT2D eigenvalue weighted by molar-refractivity contribution is 7.96. The normalized spacial score (nSPS) is 11.5. The van der Waals surface area contributed by atoms with Gasteiger partial charge in [-0.25, -0.2) is 41.8 Å². The first-order valence-electron chi connectivity index (χ1n) is 20.3. The van der Waals surface area contributed by atoms with E-state index in [0.29, 0.717) is 33.6 Å². The molecule has 4 aromatic heterocycles. The summed E-state index contributed by atoms with van der Waals surface area (Å²) in [5, 5.41) is 11.6. The number of nitrogens with one attached hydrogen (secondary N) is 2. The van der Waals surface area contributed by atoms with Crippen LogP contribution in [-0.4, -0.2) is 75.0 Å². The quantitative estimate of drug-likeness (QED) is 0.0818. The second-order valence-corrected chi connectivity index (χ2v) is 17.8. The van der Waals surface area contributed by atoms with Crippen LogP contribution in [0, 0.1) is 13.8 Å². The number of benzene rings is 4. The summed E-state index contributed by atoms with van der Waals surface area (Å²) < 4.78 is 62.5. The van der Waals surface area contributed by atoms with Gasteiger partial charge in [0.2, 0.25) is 5.88 Å². The van der Waals surface area contributed by atoms with E-state index in [9.17, 15) is 21.9 Å². The Morgan fingerprint density at radius 2 is 1.03 bits per heavy atom. The van der Waals surface area contributed by atoms with Crippen molar-refractivity contribution in [1.82, 2.24) is 39.9 Å². The average Bonchev–Trinajstić information content (AvgIpc) is 3.34. The second kappa shape index (κ2) is 21.9. The summed E-state index contributed by atoms with van der Waals surface area (Å²) in [6, 6.07) is 33.1. The van der Waals surface area contributed by atoms with Crippen LogP contribution in [0.1, 0.15) is 22.3 Å². The topological polar surface area (TPSA) is 225 Å². The summed E-state index contributed by atoms with van der Waals surface area (Å²) in [6.45, 7) is 3.60. The Labute approximate surface area is 392 Å². The number of sulfonamides is 2. The minimum Gasteiger partial charge on any atom is -0.475 e. The molecule has 67 heavy (non-hydrogen) atoms. The number of hydrogen-bond acceptors (Lipinski definition) is 14. The van der Waals surface area contributed by atoms with Gasteiger partial charge in [0.05, 0.1) is 40.9 Å². The van der Waals surface area contributed by atoms with Gasteiger partial charge in [0, 0.05) is 24.8 Å². The Bertz CT molecular complexity index is 3210. The molecule has 0 fully saturated rings. The van der Waals surface area contributed by atoms with Gasteiger partial charge in [0.15, 0.2) is 23.3 Å². The van der Waals surface area contributed by atoms with Crippen molar-refractivity contribution in [3.63, 3.8) is 0 Å². The minimum atomic E-state index is -3.97. The van der Waals surface area contributed by atoms with Gasteiger partial charge in [-0.2, -0.15) is 4.98 Å². The van der Waals surface area contributed by atoms with E-state index >= 15 is 0 Å². The number of rotatable bonds is 15. The third-order valence-corrected chi connectivity index (χ3v) is 11.5. The molecule has 0 bridgehead atoms. The SMILES string of the molecule is Cc1ccc(-c2c(Cl)nc(-c3cnccn3)nc2NS(=O)(=O)/C=C/c2ccccc2)cc1.Cc1ccc(-c2c(NS(=O)(=O)/C=C/c3ccccc3)nc(-c3cnccn3)nc2OCCO)cc1. The molecule has 0 unspecified atom stereocenters. The van der Waals surface area contributed by atoms with Gasteiger partial charge in [-0.3, -0.25) is 19.4 Å². The molecule has 0 aliphatic carbocycles. The number of aliphatic hydroxyl groups is 1. The summed E-state index contributed by atoms with van der Waals surface area (Å²) in [5.74, 6) is 0.431. The van der Waals surface area contributed by atoms with Crippen molar-refractivity contribution < 1.29 is 26.7 Å². The molecule has 3 N–H and O–H groups in total. The number of anilines is 2. The summed E-state index contributed by atoms with van der Waals surface area (Å²) in [5.41, 5.74) is 6.27. The van der Waals surface area contributed by atoms with Crippen molar-refractivity contribution in [3.8, 4) is 51.2 Å². The number of ether oxygens (including phenoxy) is 1. The third-order valence-electron chi connectivity index (χ3n) is 9.29. The molecule has 4 aromatic carbocycles. The monoisotopic (exact) mass is 952 g/mol. The maximum Gasteiger partial charge on any atom is 0.256 e. The van der Waals surface area contributed by atoms with E-state index in [4.69, 9.17) is 16.3 Å². The van der Waals surface area contributed by atoms with Gasteiger partial charge in [-0.05, 0) is 48.3 Å². The van der Waals surface area contributed by atoms with Crippen LogP contribution in [0.15, 0.2) is 157 Å². The highest BCUT2D eigenvalue weighted by Crippen LogP contribution is 2.38. The smallest absolute Gasteiger partial charge is 0.256 e. The molecule has 0 saturated heterocycles. The maximum atomic E-state index is 13.0. The van der Waals surface area contributed by atoms with Gasteiger partial charge in [-0.1, -0.05) is 132 Å². The van der Waals surface area contributed by atoms with Gasteiger partial charge in [-0.15, -0.1) is 0 Å². The van der Waals surface area contributed by atoms with Gasteiger partial charge in [0.1, 0.15) is 23.1 Å². The van der Waals surface area contributed by atoms with E-state index in [1.165, 1.54) is 49.3 Å². The Kier molecular flexibility index (Phi) is 15.5. The van der Waals surface area contributed by atoms with Crippen LogP contribution in [0.4, 0.5) is 11.6 Å². The summed E-state index contributed by atoms with van der Waals surface area (Å²) in [4.78, 5) is 34.1. The molecule has 19 heteroatoms. The number of aromatic nitrogens is 8. The fourth-order valence-electron chi connectivity index (χ4n) is 6.08. The molecule has 0 aliphatic rings. The molecule has 16 nitrogen and oxygen atoms in total. The van der Waals surface area contributed by atoms with Crippen molar-refractivity contribution in [2.24, 2.45) is 0 Å². The highest BCUT2D eigenvalue weighted by atomic mass is 35.5. The maximum absolute atomic E-state index is 13.0. The van der Waals surface area contributed by atoms with E-state index in [-0.39, 0.29) is 47.5 Å². The van der Waals surface area contributed by atoms with Crippen molar-refractivity contribution >= 4 is 55.4 Å². The van der Waals surface area contributed by atoms with E-state index < -0.39 is 20.0 Å². The van der Waals surface area contributed by atoms with Crippen LogP contribution in [0.5, 0.6) is 5.88 Å². The summed E-state index contributed by atoms with van der Waals surface area (Å²) in [6.07, 6.45) is 11.9. The molecular formula is C48H41ClN10O6S2. The number of aryl methyl sites for hydroxylation is 2. The highest BCUT2D eigenvalue weighted by Gasteiger charge is 2.23. The van der Waals surface area contributed by atoms with E-state index in [2.05, 4.69) is 49.3 Å². The Morgan fingerprint density at radius 1 is 0.582 bits per heavy atom. The average molecular weight is 954 g/mol. The van der Waals surface area contributed by atoms with Gasteiger partial charge < -0.3 is 9.84 Å². The lowest BCUT2D eigenvalue weighted by Gasteiger charge is -2.16. The molecule has 0 saturated carbocycles. The number of nitrogens with zero attached hydrogens (tertiary/aromatic N) is 8. The molecule has 0 radical (unpaired) electrons. The van der Waals surface area contributed by atoms with E-state index in [1.54, 1.807) is 24.3 Å². The van der Waals surface area contributed by atoms with Crippen LogP contribution in [0.25, 0.3) is 57.4 Å². The molecule has 338 valence electrons. The first-order valence-corrected chi connectivity index (χ1v) is 23.8. The fourth-order valence-corrected chi connectivity index (χ4v) is 8.01. The fraction of sp³-hybridized carbons (Fsp3) is 0.0833. The molecule has 0 aliphatic heterocycles. The lowest BCUT2D eigenvalue weighted by atomic mass is 10.1. The Balaban J connectivity index is 0.000000200. The molecule has 0 spiro atoms. The van der Waals surface area contributed by atoms with Crippen molar-refractivity contribution in [2.75, 3.05) is 22.7 Å². The van der Waals surface area contributed by atoms with Crippen LogP contribution in [0.2, 0.25) is 5.15 Å². The largest absolute Gasteiger partial charge is 0.475 e. The first kappa shape index (κ1) is 47.2. The second-order valence-electron chi connectivity index (χ2n) is 14.3. The zero-order valence-corrected chi connectivity index (χ0v) is 38.2. The van der Waals surface area contributed by atoms with Gasteiger partial charge in [0.25, 0.3) is 20.0 Å². The number of hydrogen-bond donors (Lipinski definition) is 3. The third kappa shape index (κ3) is 13.2. The molecule has 8 rings (SSSR count). The molecule has 0 atom stereocenters. The molecular weight excluding hydrogens is 912 g/mol. The standard InChI is InChI=1S/C25H23N5O4S.C23H18ClN5O2S/c1-18-7-9-20(10-8-18)22-24(30-35(32,33)16-11-19-5-3-2-4-6-19)28-23(21-17-26-12-13-27-21)29-25(22)34-15-14-31;1-16-7-9-18(10-8-16)20-21(24)27-22(19-15-25-12-13-26-19)28-23(20)29-32(30,31)14-11-17-5-3-2-4-6-17/h2-13,16-17,31H,14-15H2,1H3,(H,28,29,30);2-15H,1H3,(H,27,28,29)/b16-11+;14-11+. The number of aliphatic hydroxyl groups excluding tert-OH is 1. The van der Waals surface area contributed by atoms with Crippen molar-refractivity contribution in [1.29, 1.82) is 0 Å². The van der Waals surface area contributed by atoms with Crippen molar-refractivity contribution in [2.45, 2.75) is 13.8 Å². The van der Waals surface area contributed by atoms with E-state index in [1.807, 2.05) is 98.8 Å². The summed E-state index contributed by atoms with van der Waals surface area (Å²) in [7, 11) is -7.87. The first-order chi connectivity index (χ1) is 32.4. The van der Waals surface area contributed by atoms with Crippen LogP contribution < -0.4 is 14.2 Å².